The van der Waals surface area contributed by atoms with Crippen molar-refractivity contribution in [2.24, 2.45) is 0 Å². The molecule has 0 amide bonds. The first-order valence-corrected chi connectivity index (χ1v) is 4.37. The largest absolute Gasteiger partial charge is 0.384 e. The Bertz CT molecular complexity index is 295. The molecule has 0 bridgehead atoms. The summed E-state index contributed by atoms with van der Waals surface area (Å²) in [6.45, 7) is 2.01. The van der Waals surface area contributed by atoms with E-state index < -0.39 is 0 Å². The van der Waals surface area contributed by atoms with Crippen LogP contribution in [-0.2, 0) is 0 Å². The standard InChI is InChI=1S/C9H12N2S/c1-7-5-9(10)11-6-8(7)3-2-4-12/h2-3,5-6,12H,4H2,1H3,(H2,10,11). The van der Waals surface area contributed by atoms with Crippen molar-refractivity contribution in [2.75, 3.05) is 11.5 Å². The highest BCUT2D eigenvalue weighted by atomic mass is 32.1. The van der Waals surface area contributed by atoms with Gasteiger partial charge in [-0.1, -0.05) is 12.2 Å². The van der Waals surface area contributed by atoms with Gasteiger partial charge in [0, 0.05) is 11.9 Å². The second-order valence-electron chi connectivity index (χ2n) is 2.55. The molecule has 1 aromatic rings. The van der Waals surface area contributed by atoms with Gasteiger partial charge in [0.25, 0.3) is 0 Å². The Balaban J connectivity index is 2.94. The van der Waals surface area contributed by atoms with E-state index in [0.717, 1.165) is 16.9 Å². The SMILES string of the molecule is Cc1cc(N)ncc1C=CCS. The zero-order valence-electron chi connectivity index (χ0n) is 6.99. The number of nitrogen functional groups attached to an aromatic ring is 1. The van der Waals surface area contributed by atoms with Crippen LogP contribution in [0.25, 0.3) is 6.08 Å². The van der Waals surface area contributed by atoms with Crippen molar-refractivity contribution < 1.29 is 0 Å². The molecular weight excluding hydrogens is 168 g/mol. The molecule has 2 N–H and O–H groups in total. The predicted octanol–water partition coefficient (Wildman–Crippen LogP) is 1.92. The summed E-state index contributed by atoms with van der Waals surface area (Å²) < 4.78 is 0. The van der Waals surface area contributed by atoms with Gasteiger partial charge < -0.3 is 5.73 Å². The minimum Gasteiger partial charge on any atom is -0.384 e. The Kier molecular flexibility index (Phi) is 3.17. The highest BCUT2D eigenvalue weighted by Gasteiger charge is 1.94. The van der Waals surface area contributed by atoms with Gasteiger partial charge >= 0.3 is 0 Å². The lowest BCUT2D eigenvalue weighted by Crippen LogP contribution is -1.91. The topological polar surface area (TPSA) is 38.9 Å². The summed E-state index contributed by atoms with van der Waals surface area (Å²) in [7, 11) is 0. The molecule has 2 nitrogen and oxygen atoms in total. The number of nitrogens with two attached hydrogens (primary N) is 1. The summed E-state index contributed by atoms with van der Waals surface area (Å²) in [4.78, 5) is 3.99. The first-order chi connectivity index (χ1) is 5.74. The number of hydrogen-bond donors (Lipinski definition) is 2. The van der Waals surface area contributed by atoms with Gasteiger partial charge in [0.2, 0.25) is 0 Å². The smallest absolute Gasteiger partial charge is 0.123 e. The number of aryl methyl sites for hydroxylation is 1. The Labute approximate surface area is 77.9 Å². The van der Waals surface area contributed by atoms with Crippen LogP contribution in [0.3, 0.4) is 0 Å². The normalized spacial score (nSPS) is 10.8. The zero-order valence-corrected chi connectivity index (χ0v) is 7.88. The lowest BCUT2D eigenvalue weighted by Gasteiger charge is -1.99. The summed E-state index contributed by atoms with van der Waals surface area (Å²) in [6, 6.07) is 1.86. The molecule has 0 saturated heterocycles. The van der Waals surface area contributed by atoms with E-state index >= 15 is 0 Å². The van der Waals surface area contributed by atoms with Crippen LogP contribution in [-0.4, -0.2) is 10.7 Å². The van der Waals surface area contributed by atoms with E-state index in [-0.39, 0.29) is 0 Å². The van der Waals surface area contributed by atoms with Crippen molar-refractivity contribution in [1.29, 1.82) is 0 Å². The van der Waals surface area contributed by atoms with Gasteiger partial charge in [0.15, 0.2) is 0 Å². The van der Waals surface area contributed by atoms with Gasteiger partial charge in [-0.2, -0.15) is 12.6 Å². The highest BCUT2D eigenvalue weighted by Crippen LogP contribution is 2.10. The summed E-state index contributed by atoms with van der Waals surface area (Å²) >= 11 is 4.07. The van der Waals surface area contributed by atoms with Crippen molar-refractivity contribution in [1.82, 2.24) is 4.98 Å². The third-order valence-corrected chi connectivity index (χ3v) is 1.79. The fraction of sp³-hybridized carbons (Fsp3) is 0.222. The predicted molar refractivity (Wildman–Crippen MR) is 56.3 cm³/mol. The van der Waals surface area contributed by atoms with Crippen LogP contribution in [0.4, 0.5) is 5.82 Å². The monoisotopic (exact) mass is 180 g/mol. The number of pyridine rings is 1. The molecule has 0 fully saturated rings. The molecule has 0 aromatic carbocycles. The first kappa shape index (κ1) is 9.13. The maximum absolute atomic E-state index is 5.51. The average Bonchev–Trinajstić information content (AvgIpc) is 2.03. The van der Waals surface area contributed by atoms with Crippen LogP contribution in [0.5, 0.6) is 0 Å². The van der Waals surface area contributed by atoms with Crippen molar-refractivity contribution in [3.05, 3.63) is 29.5 Å². The number of thiol groups is 1. The van der Waals surface area contributed by atoms with Crippen LogP contribution in [0.2, 0.25) is 0 Å². The van der Waals surface area contributed by atoms with Gasteiger partial charge in [0.1, 0.15) is 5.82 Å². The molecular formula is C9H12N2S. The summed E-state index contributed by atoms with van der Waals surface area (Å²) in [5.41, 5.74) is 7.74. The van der Waals surface area contributed by atoms with Gasteiger partial charge in [-0.3, -0.25) is 0 Å². The molecule has 0 aliphatic heterocycles. The van der Waals surface area contributed by atoms with E-state index in [4.69, 9.17) is 5.73 Å². The van der Waals surface area contributed by atoms with Crippen molar-refractivity contribution >= 4 is 24.5 Å². The Morgan fingerprint density at radius 1 is 1.67 bits per heavy atom. The Morgan fingerprint density at radius 3 is 3.00 bits per heavy atom. The number of nitrogens with zero attached hydrogens (tertiary/aromatic N) is 1. The molecule has 0 aliphatic carbocycles. The third-order valence-electron chi connectivity index (χ3n) is 1.58. The van der Waals surface area contributed by atoms with E-state index in [0.29, 0.717) is 5.82 Å². The molecule has 0 saturated carbocycles. The van der Waals surface area contributed by atoms with Gasteiger partial charge in [-0.25, -0.2) is 4.98 Å². The quantitative estimate of drug-likeness (QED) is 0.682. The lowest BCUT2D eigenvalue weighted by molar-refractivity contribution is 1.28. The Hall–Kier alpha value is -0.960. The maximum Gasteiger partial charge on any atom is 0.123 e. The van der Waals surface area contributed by atoms with Crippen LogP contribution < -0.4 is 5.73 Å². The van der Waals surface area contributed by atoms with Gasteiger partial charge in [-0.15, -0.1) is 0 Å². The second kappa shape index (κ2) is 4.16. The lowest BCUT2D eigenvalue weighted by atomic mass is 10.1. The van der Waals surface area contributed by atoms with E-state index in [2.05, 4.69) is 17.6 Å². The average molecular weight is 180 g/mol. The molecule has 12 heavy (non-hydrogen) atoms. The van der Waals surface area contributed by atoms with Gasteiger partial charge in [-0.05, 0) is 24.1 Å². The molecule has 0 aliphatic rings. The molecule has 1 rings (SSSR count). The van der Waals surface area contributed by atoms with E-state index in [1.165, 1.54) is 0 Å². The van der Waals surface area contributed by atoms with Crippen molar-refractivity contribution in [3.63, 3.8) is 0 Å². The van der Waals surface area contributed by atoms with E-state index in [1.54, 1.807) is 6.20 Å². The molecule has 64 valence electrons. The minimum absolute atomic E-state index is 0.565. The van der Waals surface area contributed by atoms with E-state index in [9.17, 15) is 0 Å². The zero-order chi connectivity index (χ0) is 8.97. The molecule has 0 radical (unpaired) electrons. The van der Waals surface area contributed by atoms with E-state index in [1.807, 2.05) is 25.1 Å². The molecule has 1 aromatic heterocycles. The minimum atomic E-state index is 0.565. The molecule has 0 atom stereocenters. The van der Waals surface area contributed by atoms with Crippen molar-refractivity contribution in [2.45, 2.75) is 6.92 Å². The van der Waals surface area contributed by atoms with Crippen LogP contribution >= 0.6 is 12.6 Å². The maximum atomic E-state index is 5.51. The van der Waals surface area contributed by atoms with Crippen LogP contribution in [0.1, 0.15) is 11.1 Å². The fourth-order valence-electron chi connectivity index (χ4n) is 0.942. The van der Waals surface area contributed by atoms with Crippen LogP contribution in [0.15, 0.2) is 18.3 Å². The van der Waals surface area contributed by atoms with Crippen molar-refractivity contribution in [3.8, 4) is 0 Å². The highest BCUT2D eigenvalue weighted by molar-refractivity contribution is 7.80. The number of anilines is 1. The summed E-state index contributed by atoms with van der Waals surface area (Å²) in [5.74, 6) is 1.31. The summed E-state index contributed by atoms with van der Waals surface area (Å²) in [6.07, 6.45) is 5.74. The Morgan fingerprint density at radius 2 is 2.42 bits per heavy atom. The molecule has 0 spiro atoms. The second-order valence-corrected chi connectivity index (χ2v) is 2.92. The third kappa shape index (κ3) is 2.27. The van der Waals surface area contributed by atoms with Gasteiger partial charge in [0.05, 0.1) is 0 Å². The first-order valence-electron chi connectivity index (χ1n) is 3.73. The number of aromatic nitrogens is 1. The number of hydrogen-bond acceptors (Lipinski definition) is 3. The molecule has 0 unspecified atom stereocenters. The fourth-order valence-corrected chi connectivity index (χ4v) is 1.05. The van der Waals surface area contributed by atoms with Crippen LogP contribution in [0, 0.1) is 6.92 Å². The molecule has 1 heterocycles. The molecule has 3 heteroatoms. The number of rotatable bonds is 2. The summed E-state index contributed by atoms with van der Waals surface area (Å²) in [5, 5.41) is 0.